The molecule has 5 N–H and O–H groups in total. The van der Waals surface area contributed by atoms with Crippen LogP contribution in [0.4, 0.5) is 22.9 Å². The summed E-state index contributed by atoms with van der Waals surface area (Å²) in [5, 5.41) is 21.8. The highest BCUT2D eigenvalue weighted by molar-refractivity contribution is 6.09. The number of methoxy groups -OCH3 is 1. The topological polar surface area (TPSA) is 163 Å². The summed E-state index contributed by atoms with van der Waals surface area (Å²) >= 11 is 0. The second kappa shape index (κ2) is 10.2. The van der Waals surface area contributed by atoms with Gasteiger partial charge in [-0.25, -0.2) is 0 Å². The zero-order valence-electron chi connectivity index (χ0n) is 20.7. The molecular formula is C26H25N7O5. The summed E-state index contributed by atoms with van der Waals surface area (Å²) in [5.74, 6) is -0.933. The molecule has 12 heteroatoms. The normalized spacial score (nSPS) is 13.7. The van der Waals surface area contributed by atoms with E-state index < -0.39 is 11.8 Å². The minimum Gasteiger partial charge on any atom is -0.494 e. The Morgan fingerprint density at radius 2 is 1.82 bits per heavy atom. The fraction of sp³-hybridized carbons (Fsp3) is 0.231. The van der Waals surface area contributed by atoms with Gasteiger partial charge >= 0.3 is 0 Å². The van der Waals surface area contributed by atoms with E-state index in [4.69, 9.17) is 4.74 Å². The molecule has 2 aliphatic rings. The van der Waals surface area contributed by atoms with E-state index >= 15 is 0 Å². The molecule has 5 rings (SSSR count). The van der Waals surface area contributed by atoms with Gasteiger partial charge in [-0.05, 0) is 42.7 Å². The molecule has 2 aromatic carbocycles. The molecule has 1 aliphatic carbocycles. The third-order valence-corrected chi connectivity index (χ3v) is 6.22. The number of nitrogens with zero attached hydrogens (tertiary/aromatic N) is 2. The van der Waals surface area contributed by atoms with Crippen LogP contribution in [0.25, 0.3) is 0 Å². The van der Waals surface area contributed by atoms with Gasteiger partial charge in [0.15, 0.2) is 17.3 Å². The smallest absolute Gasteiger partial charge is 0.273 e. The van der Waals surface area contributed by atoms with E-state index in [0.29, 0.717) is 23.5 Å². The van der Waals surface area contributed by atoms with Gasteiger partial charge in [0.1, 0.15) is 0 Å². The molecule has 0 spiro atoms. The first-order valence-corrected chi connectivity index (χ1v) is 11.9. The van der Waals surface area contributed by atoms with Gasteiger partial charge in [0, 0.05) is 36.8 Å². The minimum atomic E-state index is -0.492. The van der Waals surface area contributed by atoms with Gasteiger partial charge < -0.3 is 31.3 Å². The highest BCUT2D eigenvalue weighted by Gasteiger charge is 2.30. The molecule has 1 aliphatic heterocycles. The summed E-state index contributed by atoms with van der Waals surface area (Å²) in [5.41, 5.74) is 2.68. The van der Waals surface area contributed by atoms with Gasteiger partial charge in [0.05, 0.1) is 24.0 Å². The Morgan fingerprint density at radius 3 is 2.55 bits per heavy atom. The Morgan fingerprint density at radius 1 is 1.00 bits per heavy atom. The predicted octanol–water partition coefficient (Wildman–Crippen LogP) is 2.43. The van der Waals surface area contributed by atoms with Crippen molar-refractivity contribution in [3.63, 3.8) is 0 Å². The van der Waals surface area contributed by atoms with E-state index in [2.05, 4.69) is 36.8 Å². The zero-order valence-corrected chi connectivity index (χ0v) is 20.7. The summed E-state index contributed by atoms with van der Waals surface area (Å²) in [6.07, 6.45) is 1.65. The summed E-state index contributed by atoms with van der Waals surface area (Å²) in [7, 11) is 2.88. The largest absolute Gasteiger partial charge is 0.494 e. The summed E-state index contributed by atoms with van der Waals surface area (Å²) < 4.78 is 5.57. The molecule has 194 valence electrons. The number of ether oxygens (including phenoxy) is 1. The molecule has 4 amide bonds. The van der Waals surface area contributed by atoms with Crippen molar-refractivity contribution in [3.05, 3.63) is 64.8 Å². The van der Waals surface area contributed by atoms with Crippen molar-refractivity contribution >= 4 is 46.5 Å². The molecule has 1 aromatic heterocycles. The monoisotopic (exact) mass is 515 g/mol. The van der Waals surface area contributed by atoms with E-state index in [1.165, 1.54) is 20.2 Å². The lowest BCUT2D eigenvalue weighted by atomic mass is 10.1. The first kappa shape index (κ1) is 24.7. The predicted molar refractivity (Wildman–Crippen MR) is 139 cm³/mol. The van der Waals surface area contributed by atoms with Gasteiger partial charge in [0.2, 0.25) is 5.91 Å². The molecule has 12 nitrogen and oxygen atoms in total. The van der Waals surface area contributed by atoms with Crippen LogP contribution < -0.4 is 31.3 Å². The van der Waals surface area contributed by atoms with E-state index in [1.54, 1.807) is 36.4 Å². The standard InChI is InChI=1S/C26H25N7O5/c1-27-26(37)21-19(11-20(32-33-21)31-23(34)13-6-7-13)30-18-5-3-4-16(22(18)38-2)25(36)29-15-9-8-14-12-28-24(35)17(14)10-15/h3-5,8-11,13H,6-7,12H2,1-2H3,(H,27,37)(H,28,35)(H,29,36)(H2,30,31,32,34). The second-order valence-electron chi connectivity index (χ2n) is 8.85. The third-order valence-electron chi connectivity index (χ3n) is 6.22. The summed E-state index contributed by atoms with van der Waals surface area (Å²) in [4.78, 5) is 49.8. The number of carbonyl (C=O) groups is 4. The number of fused-ring (bicyclic) bond motifs is 1. The van der Waals surface area contributed by atoms with Crippen LogP contribution in [-0.2, 0) is 11.3 Å². The van der Waals surface area contributed by atoms with E-state index in [9.17, 15) is 19.2 Å². The van der Waals surface area contributed by atoms with E-state index in [-0.39, 0.29) is 46.2 Å². The number of carbonyl (C=O) groups excluding carboxylic acids is 4. The van der Waals surface area contributed by atoms with Gasteiger partial charge in [-0.2, -0.15) is 0 Å². The quantitative estimate of drug-likeness (QED) is 0.305. The van der Waals surface area contributed by atoms with Crippen molar-refractivity contribution in [2.75, 3.05) is 30.1 Å². The van der Waals surface area contributed by atoms with Crippen molar-refractivity contribution in [2.24, 2.45) is 5.92 Å². The molecule has 0 radical (unpaired) electrons. The number of hydrogen-bond donors (Lipinski definition) is 5. The first-order chi connectivity index (χ1) is 18.4. The van der Waals surface area contributed by atoms with Crippen molar-refractivity contribution in [2.45, 2.75) is 19.4 Å². The Bertz CT molecular complexity index is 1470. The molecule has 0 unspecified atom stereocenters. The number of anilines is 4. The Balaban J connectivity index is 1.43. The van der Waals surface area contributed by atoms with Crippen LogP contribution in [0.1, 0.15) is 49.6 Å². The van der Waals surface area contributed by atoms with Crippen molar-refractivity contribution in [1.29, 1.82) is 0 Å². The van der Waals surface area contributed by atoms with Gasteiger partial charge in [0.25, 0.3) is 17.7 Å². The van der Waals surface area contributed by atoms with Crippen molar-refractivity contribution in [1.82, 2.24) is 20.8 Å². The van der Waals surface area contributed by atoms with Crippen LogP contribution in [0, 0.1) is 5.92 Å². The summed E-state index contributed by atoms with van der Waals surface area (Å²) in [6.45, 7) is 0.456. The number of aromatic nitrogens is 2. The lowest BCUT2D eigenvalue weighted by molar-refractivity contribution is -0.117. The Kier molecular flexibility index (Phi) is 6.60. The molecular weight excluding hydrogens is 490 g/mol. The van der Waals surface area contributed by atoms with Gasteiger partial charge in [-0.3, -0.25) is 19.2 Å². The number of rotatable bonds is 8. The van der Waals surface area contributed by atoms with Crippen LogP contribution in [0.15, 0.2) is 42.5 Å². The maximum atomic E-state index is 13.2. The van der Waals surface area contributed by atoms with Crippen LogP contribution in [0.2, 0.25) is 0 Å². The molecule has 38 heavy (non-hydrogen) atoms. The van der Waals surface area contributed by atoms with Gasteiger partial charge in [-0.15, -0.1) is 10.2 Å². The third kappa shape index (κ3) is 4.96. The number of hydrogen-bond acceptors (Lipinski definition) is 8. The van der Waals surface area contributed by atoms with Crippen LogP contribution in [0.3, 0.4) is 0 Å². The highest BCUT2D eigenvalue weighted by atomic mass is 16.5. The van der Waals surface area contributed by atoms with Crippen LogP contribution in [0.5, 0.6) is 5.75 Å². The molecule has 2 heterocycles. The Labute approximate surface area is 217 Å². The SMILES string of the molecule is CNC(=O)c1nnc(NC(=O)C2CC2)cc1Nc1cccc(C(=O)Nc2ccc3c(c2)C(=O)NC3)c1OC. The highest BCUT2D eigenvalue weighted by Crippen LogP contribution is 2.34. The average Bonchev–Trinajstić information content (AvgIpc) is 3.72. The van der Waals surface area contributed by atoms with Crippen molar-refractivity contribution in [3.8, 4) is 5.75 Å². The number of benzene rings is 2. The number of amides is 4. The summed E-state index contributed by atoms with van der Waals surface area (Å²) in [6, 6.07) is 11.5. The first-order valence-electron chi connectivity index (χ1n) is 11.9. The fourth-order valence-electron chi connectivity index (χ4n) is 4.08. The molecule has 0 saturated heterocycles. The second-order valence-corrected chi connectivity index (χ2v) is 8.85. The number of nitrogens with one attached hydrogen (secondary N) is 5. The Hall–Kier alpha value is -5.00. The van der Waals surface area contributed by atoms with Crippen LogP contribution >= 0.6 is 0 Å². The number of para-hydroxylation sites is 1. The maximum absolute atomic E-state index is 13.2. The lowest BCUT2D eigenvalue weighted by Crippen LogP contribution is -2.22. The van der Waals surface area contributed by atoms with E-state index in [1.807, 2.05) is 0 Å². The molecule has 1 saturated carbocycles. The fourth-order valence-corrected chi connectivity index (χ4v) is 4.08. The van der Waals surface area contributed by atoms with Crippen LogP contribution in [-0.4, -0.2) is 48.0 Å². The van der Waals surface area contributed by atoms with E-state index in [0.717, 1.165) is 18.4 Å². The molecule has 1 fully saturated rings. The minimum absolute atomic E-state index is 0.00903. The molecule has 0 bridgehead atoms. The molecule has 3 aromatic rings. The zero-order chi connectivity index (χ0) is 26.8. The average molecular weight is 516 g/mol. The van der Waals surface area contributed by atoms with Crippen molar-refractivity contribution < 1.29 is 23.9 Å². The lowest BCUT2D eigenvalue weighted by Gasteiger charge is -2.17. The maximum Gasteiger partial charge on any atom is 0.273 e. The molecule has 0 atom stereocenters. The van der Waals surface area contributed by atoms with Gasteiger partial charge in [-0.1, -0.05) is 12.1 Å².